The van der Waals surface area contributed by atoms with Crippen LogP contribution in [0.4, 0.5) is 13.2 Å². The Morgan fingerprint density at radius 3 is 2.10 bits per heavy atom. The standard InChI is InChI=1S/C19H16F3NO7/c20-19(21,22)30-15-4-2-1-3-12(15)9-23(10-16(24)25)8-11-5-6-13(17(26)27)14(7-11)18(28)29/h1-7H,8-10H2,(H,24,25)(H,26,27)(H,28,29). The van der Waals surface area contributed by atoms with Crippen LogP contribution in [-0.2, 0) is 17.9 Å². The van der Waals surface area contributed by atoms with Crippen molar-refractivity contribution < 1.29 is 47.6 Å². The van der Waals surface area contributed by atoms with Crippen LogP contribution in [0.2, 0.25) is 0 Å². The highest BCUT2D eigenvalue weighted by Crippen LogP contribution is 2.27. The number of carboxylic acids is 3. The second-order valence-electron chi connectivity index (χ2n) is 6.18. The minimum atomic E-state index is -4.93. The molecule has 30 heavy (non-hydrogen) atoms. The fourth-order valence-corrected chi connectivity index (χ4v) is 2.77. The van der Waals surface area contributed by atoms with E-state index in [-0.39, 0.29) is 24.2 Å². The van der Waals surface area contributed by atoms with Gasteiger partial charge in [-0.25, -0.2) is 9.59 Å². The summed E-state index contributed by atoms with van der Waals surface area (Å²) in [6.07, 6.45) is -4.93. The van der Waals surface area contributed by atoms with Crippen LogP contribution in [0.3, 0.4) is 0 Å². The number of ether oxygens (including phenoxy) is 1. The molecule has 3 N–H and O–H groups in total. The van der Waals surface area contributed by atoms with Crippen LogP contribution in [0.25, 0.3) is 0 Å². The molecule has 2 rings (SSSR count). The molecule has 0 spiro atoms. The highest BCUT2D eigenvalue weighted by atomic mass is 19.4. The zero-order valence-electron chi connectivity index (χ0n) is 15.2. The van der Waals surface area contributed by atoms with Crippen molar-refractivity contribution in [1.29, 1.82) is 0 Å². The van der Waals surface area contributed by atoms with Crippen LogP contribution in [0.15, 0.2) is 42.5 Å². The minimum absolute atomic E-state index is 0.0664. The lowest BCUT2D eigenvalue weighted by molar-refractivity contribution is -0.275. The van der Waals surface area contributed by atoms with Gasteiger partial charge in [0.2, 0.25) is 0 Å². The number of rotatable bonds is 9. The molecule has 0 fully saturated rings. The van der Waals surface area contributed by atoms with E-state index >= 15 is 0 Å². The third-order valence-electron chi connectivity index (χ3n) is 3.90. The summed E-state index contributed by atoms with van der Waals surface area (Å²) >= 11 is 0. The number of aromatic carboxylic acids is 2. The molecule has 0 unspecified atom stereocenters. The van der Waals surface area contributed by atoms with Crippen molar-refractivity contribution in [2.45, 2.75) is 19.5 Å². The lowest BCUT2D eigenvalue weighted by atomic mass is 10.0. The summed E-state index contributed by atoms with van der Waals surface area (Å²) in [7, 11) is 0. The Morgan fingerprint density at radius 1 is 0.900 bits per heavy atom. The first-order chi connectivity index (χ1) is 14.0. The van der Waals surface area contributed by atoms with E-state index in [1.807, 2.05) is 0 Å². The maximum absolute atomic E-state index is 12.6. The van der Waals surface area contributed by atoms with E-state index in [4.69, 9.17) is 10.2 Å². The number of aliphatic carboxylic acids is 1. The molecule has 0 atom stereocenters. The van der Waals surface area contributed by atoms with E-state index in [0.717, 1.165) is 18.2 Å². The van der Waals surface area contributed by atoms with Gasteiger partial charge < -0.3 is 20.1 Å². The van der Waals surface area contributed by atoms with Gasteiger partial charge in [0, 0.05) is 18.7 Å². The van der Waals surface area contributed by atoms with Crippen LogP contribution in [0.1, 0.15) is 31.8 Å². The Balaban J connectivity index is 2.32. The van der Waals surface area contributed by atoms with Crippen LogP contribution in [0.5, 0.6) is 5.75 Å². The predicted molar refractivity (Wildman–Crippen MR) is 95.2 cm³/mol. The maximum Gasteiger partial charge on any atom is 0.573 e. The van der Waals surface area contributed by atoms with Gasteiger partial charge in [0.05, 0.1) is 17.7 Å². The molecule has 0 radical (unpaired) electrons. The number of halogens is 3. The zero-order chi connectivity index (χ0) is 22.5. The molecule has 0 amide bonds. The fraction of sp³-hybridized carbons (Fsp3) is 0.211. The van der Waals surface area contributed by atoms with Crippen molar-refractivity contribution in [3.63, 3.8) is 0 Å². The Bertz CT molecular complexity index is 959. The second kappa shape index (κ2) is 9.27. The van der Waals surface area contributed by atoms with Crippen molar-refractivity contribution in [1.82, 2.24) is 4.90 Å². The molecule has 8 nitrogen and oxygen atoms in total. The SMILES string of the molecule is O=C(O)CN(Cc1ccc(C(=O)O)c(C(=O)O)c1)Cc1ccccc1OC(F)(F)F. The minimum Gasteiger partial charge on any atom is -0.480 e. The number of alkyl halides is 3. The third-order valence-corrected chi connectivity index (χ3v) is 3.90. The first kappa shape index (κ1) is 22.7. The third kappa shape index (κ3) is 6.48. The van der Waals surface area contributed by atoms with Crippen molar-refractivity contribution in [3.05, 3.63) is 64.7 Å². The van der Waals surface area contributed by atoms with Crippen molar-refractivity contribution in [2.24, 2.45) is 0 Å². The molecule has 0 aliphatic rings. The number of benzene rings is 2. The average Bonchev–Trinajstić information content (AvgIpc) is 2.61. The summed E-state index contributed by atoms with van der Waals surface area (Å²) < 4.78 is 41.8. The molecule has 0 aliphatic carbocycles. The molecule has 11 heteroatoms. The molecule has 0 aromatic heterocycles. The number of para-hydroxylation sites is 1. The van der Waals surface area contributed by atoms with Gasteiger partial charge in [-0.2, -0.15) is 0 Å². The quantitative estimate of drug-likeness (QED) is 0.558. The Hall–Kier alpha value is -3.60. The second-order valence-corrected chi connectivity index (χ2v) is 6.18. The van der Waals surface area contributed by atoms with Gasteiger partial charge in [-0.15, -0.1) is 13.2 Å². The lowest BCUT2D eigenvalue weighted by Gasteiger charge is -2.22. The number of carboxylic acid groups (broad SMARTS) is 3. The molecule has 2 aromatic carbocycles. The van der Waals surface area contributed by atoms with Gasteiger partial charge in [0.25, 0.3) is 0 Å². The summed E-state index contributed by atoms with van der Waals surface area (Å²) in [5.74, 6) is -4.68. The van der Waals surface area contributed by atoms with Crippen molar-refractivity contribution in [3.8, 4) is 5.75 Å². The Labute approximate surface area is 167 Å². The van der Waals surface area contributed by atoms with E-state index < -0.39 is 47.7 Å². The van der Waals surface area contributed by atoms with Crippen molar-refractivity contribution in [2.75, 3.05) is 6.54 Å². The van der Waals surface area contributed by atoms with Gasteiger partial charge in [0.15, 0.2) is 0 Å². The zero-order valence-corrected chi connectivity index (χ0v) is 15.2. The molecule has 0 aliphatic heterocycles. The summed E-state index contributed by atoms with van der Waals surface area (Å²) in [4.78, 5) is 34.9. The predicted octanol–water partition coefficient (Wildman–Crippen LogP) is 3.07. The number of hydrogen-bond acceptors (Lipinski definition) is 5. The molecule has 0 saturated heterocycles. The largest absolute Gasteiger partial charge is 0.573 e. The van der Waals surface area contributed by atoms with E-state index in [0.29, 0.717) is 0 Å². The Kier molecular flexibility index (Phi) is 7.01. The topological polar surface area (TPSA) is 124 Å². The van der Waals surface area contributed by atoms with Crippen LogP contribution in [-0.4, -0.2) is 51.0 Å². The molecule has 160 valence electrons. The number of nitrogens with zero attached hydrogens (tertiary/aromatic N) is 1. The number of hydrogen-bond donors (Lipinski definition) is 3. The molecule has 0 heterocycles. The summed E-state index contributed by atoms with van der Waals surface area (Å²) in [6.45, 7) is -0.974. The summed E-state index contributed by atoms with van der Waals surface area (Å²) in [5.41, 5.74) is -0.597. The van der Waals surface area contributed by atoms with E-state index in [1.54, 1.807) is 0 Å². The Morgan fingerprint density at radius 2 is 1.53 bits per heavy atom. The van der Waals surface area contributed by atoms with Gasteiger partial charge in [-0.05, 0) is 23.8 Å². The van der Waals surface area contributed by atoms with Crippen LogP contribution in [0, 0.1) is 0 Å². The van der Waals surface area contributed by atoms with Gasteiger partial charge in [-0.1, -0.05) is 24.3 Å². The van der Waals surface area contributed by atoms with Crippen LogP contribution < -0.4 is 4.74 Å². The highest BCUT2D eigenvalue weighted by Gasteiger charge is 2.32. The molecule has 2 aromatic rings. The van der Waals surface area contributed by atoms with Gasteiger partial charge in [-0.3, -0.25) is 9.69 Å². The van der Waals surface area contributed by atoms with E-state index in [9.17, 15) is 32.7 Å². The molecule has 0 bridgehead atoms. The van der Waals surface area contributed by atoms with Crippen LogP contribution >= 0.6 is 0 Å². The normalized spacial score (nSPS) is 11.3. The maximum atomic E-state index is 12.6. The molecular weight excluding hydrogens is 411 g/mol. The number of carbonyl (C=O) groups is 3. The smallest absolute Gasteiger partial charge is 0.480 e. The average molecular weight is 427 g/mol. The highest BCUT2D eigenvalue weighted by molar-refractivity contribution is 6.01. The van der Waals surface area contributed by atoms with E-state index in [2.05, 4.69) is 4.74 Å². The molecular formula is C19H16F3NO7. The fourth-order valence-electron chi connectivity index (χ4n) is 2.77. The monoisotopic (exact) mass is 427 g/mol. The van der Waals surface area contributed by atoms with Gasteiger partial charge >= 0.3 is 24.3 Å². The van der Waals surface area contributed by atoms with Gasteiger partial charge in [0.1, 0.15) is 5.75 Å². The summed E-state index contributed by atoms with van der Waals surface area (Å²) in [6, 6.07) is 8.68. The molecule has 0 saturated carbocycles. The first-order valence-corrected chi connectivity index (χ1v) is 8.33. The summed E-state index contributed by atoms with van der Waals surface area (Å²) in [5, 5.41) is 27.4. The van der Waals surface area contributed by atoms with E-state index in [1.165, 1.54) is 29.2 Å². The lowest BCUT2D eigenvalue weighted by Crippen LogP contribution is -2.29. The van der Waals surface area contributed by atoms with Crippen molar-refractivity contribution >= 4 is 17.9 Å². The first-order valence-electron chi connectivity index (χ1n) is 8.33.